The van der Waals surface area contributed by atoms with Crippen molar-refractivity contribution >= 4 is 77.5 Å². The van der Waals surface area contributed by atoms with Gasteiger partial charge in [0.05, 0.1) is 22.4 Å². The van der Waals surface area contributed by atoms with Gasteiger partial charge in [-0.2, -0.15) is 0 Å². The molecule has 0 fully saturated rings. The predicted octanol–water partition coefficient (Wildman–Crippen LogP) is 18.8. The SMILES string of the molecule is Cc1cccc(N(c2ccccc2)c2ccc(-n3c(-c4cccc5ccccc45)cc4cc5c(cc(-c6cccc7ccccc67)n5-c5ccc(N(c6ccccc6)c6cccc(C)c6)cc5)cc43)cc2)c1. The van der Waals surface area contributed by atoms with Gasteiger partial charge in [-0.15, -0.1) is 0 Å². The maximum atomic E-state index is 2.47. The Morgan fingerprint density at radius 1 is 0.264 bits per heavy atom. The van der Waals surface area contributed by atoms with E-state index in [1.165, 1.54) is 43.8 Å². The molecule has 0 unspecified atom stereocenters. The molecule has 13 rings (SSSR count). The van der Waals surface area contributed by atoms with Gasteiger partial charge in [-0.1, -0.05) is 146 Å². The Morgan fingerprint density at radius 2 is 0.611 bits per heavy atom. The van der Waals surface area contributed by atoms with E-state index < -0.39 is 0 Å². The van der Waals surface area contributed by atoms with Crippen LogP contribution in [0.5, 0.6) is 0 Å². The molecule has 0 spiro atoms. The van der Waals surface area contributed by atoms with Gasteiger partial charge < -0.3 is 18.9 Å². The topological polar surface area (TPSA) is 16.3 Å². The van der Waals surface area contributed by atoms with Crippen molar-refractivity contribution in [2.45, 2.75) is 13.8 Å². The number of nitrogens with zero attached hydrogens (tertiary/aromatic N) is 4. The van der Waals surface area contributed by atoms with Gasteiger partial charge in [-0.3, -0.25) is 0 Å². The van der Waals surface area contributed by atoms with E-state index >= 15 is 0 Å². The number of hydrogen-bond acceptors (Lipinski definition) is 2. The molecule has 2 aromatic heterocycles. The van der Waals surface area contributed by atoms with Crippen LogP contribution in [0.4, 0.5) is 34.1 Å². The highest BCUT2D eigenvalue weighted by molar-refractivity contribution is 6.07. The van der Waals surface area contributed by atoms with Crippen LogP contribution >= 0.6 is 0 Å². The zero-order chi connectivity index (χ0) is 48.1. The summed E-state index contributed by atoms with van der Waals surface area (Å²) in [4.78, 5) is 4.68. The smallest absolute Gasteiger partial charge is 0.0547 e. The van der Waals surface area contributed by atoms with Crippen LogP contribution in [-0.2, 0) is 0 Å². The summed E-state index contributed by atoms with van der Waals surface area (Å²) in [5, 5.41) is 7.19. The normalized spacial score (nSPS) is 11.5. The Bertz CT molecular complexity index is 3830. The molecule has 11 aromatic carbocycles. The number of hydrogen-bond donors (Lipinski definition) is 0. The van der Waals surface area contributed by atoms with E-state index in [4.69, 9.17) is 0 Å². The Balaban J connectivity index is 1.02. The number of benzene rings is 11. The Hall–Kier alpha value is -9.38. The molecule has 13 aromatic rings. The second kappa shape index (κ2) is 17.9. The van der Waals surface area contributed by atoms with Gasteiger partial charge in [0.25, 0.3) is 0 Å². The van der Waals surface area contributed by atoms with Gasteiger partial charge in [0.15, 0.2) is 0 Å². The van der Waals surface area contributed by atoms with Crippen molar-refractivity contribution in [1.82, 2.24) is 9.13 Å². The standard InChI is InChI=1S/C68H50N4/c1-47-17-13-27-59(41-47)69(53-23-5-3-6-24-53)55-33-37-57(38-34-55)71-65-43-52-46-68(64-32-16-22-50-20-10-12-30-62(50)64)72(66(52)44-51(65)45-67(71)63-31-15-21-49-19-9-11-29-61(49)63)58-39-35-56(36-40-58)70(54-25-7-4-8-26-54)60-28-14-18-48(2)42-60/h3-46H,1-2H3. The van der Waals surface area contributed by atoms with Gasteiger partial charge >= 0.3 is 0 Å². The highest BCUT2D eigenvalue weighted by Crippen LogP contribution is 2.43. The lowest BCUT2D eigenvalue weighted by Gasteiger charge is -2.26. The molecule has 0 radical (unpaired) electrons. The van der Waals surface area contributed by atoms with Crippen LogP contribution in [0.25, 0.3) is 77.2 Å². The zero-order valence-corrected chi connectivity index (χ0v) is 40.2. The molecule has 0 aliphatic rings. The van der Waals surface area contributed by atoms with Crippen molar-refractivity contribution in [2.24, 2.45) is 0 Å². The minimum absolute atomic E-state index is 1.09. The highest BCUT2D eigenvalue weighted by atomic mass is 15.1. The second-order valence-electron chi connectivity index (χ2n) is 18.8. The van der Waals surface area contributed by atoms with E-state index in [0.717, 1.165) is 78.7 Å². The molecule has 342 valence electrons. The number of fused-ring (bicyclic) bond motifs is 4. The number of aromatic nitrogens is 2. The van der Waals surface area contributed by atoms with Gasteiger partial charge in [0.2, 0.25) is 0 Å². The van der Waals surface area contributed by atoms with Crippen molar-refractivity contribution in [1.29, 1.82) is 0 Å². The van der Waals surface area contributed by atoms with Crippen LogP contribution in [0.15, 0.2) is 267 Å². The van der Waals surface area contributed by atoms with E-state index in [1.54, 1.807) is 0 Å². The van der Waals surface area contributed by atoms with Crippen LogP contribution in [0, 0.1) is 13.8 Å². The van der Waals surface area contributed by atoms with Crippen molar-refractivity contribution < 1.29 is 0 Å². The summed E-state index contributed by atoms with van der Waals surface area (Å²) in [6.45, 7) is 4.31. The van der Waals surface area contributed by atoms with Crippen LogP contribution in [0.2, 0.25) is 0 Å². The van der Waals surface area contributed by atoms with Crippen LogP contribution in [0.1, 0.15) is 11.1 Å². The summed E-state index contributed by atoms with van der Waals surface area (Å²) in [5.74, 6) is 0. The molecule has 4 heteroatoms. The third-order valence-electron chi connectivity index (χ3n) is 14.1. The third-order valence-corrected chi connectivity index (χ3v) is 14.1. The van der Waals surface area contributed by atoms with Crippen LogP contribution < -0.4 is 9.80 Å². The largest absolute Gasteiger partial charge is 0.310 e. The Labute approximate surface area is 420 Å². The molecule has 0 N–H and O–H groups in total. The maximum absolute atomic E-state index is 2.47. The first kappa shape index (κ1) is 42.7. The molecule has 0 aliphatic carbocycles. The average Bonchev–Trinajstić information content (AvgIpc) is 3.99. The highest BCUT2D eigenvalue weighted by Gasteiger charge is 2.22. The summed E-state index contributed by atoms with van der Waals surface area (Å²) < 4.78 is 4.93. The molecule has 0 aliphatic heterocycles. The van der Waals surface area contributed by atoms with E-state index in [1.807, 2.05) is 0 Å². The fourth-order valence-electron chi connectivity index (χ4n) is 10.8. The van der Waals surface area contributed by atoms with Gasteiger partial charge in [-0.25, -0.2) is 0 Å². The molecule has 72 heavy (non-hydrogen) atoms. The lowest BCUT2D eigenvalue weighted by atomic mass is 10.0. The minimum Gasteiger partial charge on any atom is -0.310 e. The predicted molar refractivity (Wildman–Crippen MR) is 305 cm³/mol. The first-order chi connectivity index (χ1) is 35.5. The third kappa shape index (κ3) is 7.58. The summed E-state index contributed by atoms with van der Waals surface area (Å²) in [6, 6.07) is 97.3. The number of rotatable bonds is 10. The van der Waals surface area contributed by atoms with E-state index in [2.05, 4.69) is 300 Å². The zero-order valence-electron chi connectivity index (χ0n) is 40.2. The van der Waals surface area contributed by atoms with Gasteiger partial charge in [-0.05, 0) is 168 Å². The molecule has 0 saturated carbocycles. The van der Waals surface area contributed by atoms with E-state index in [-0.39, 0.29) is 0 Å². The Morgan fingerprint density at radius 3 is 1.03 bits per heavy atom. The molecular weight excluding hydrogens is 873 g/mol. The summed E-state index contributed by atoms with van der Waals surface area (Å²) in [6.07, 6.45) is 0. The molecule has 4 nitrogen and oxygen atoms in total. The fourth-order valence-corrected chi connectivity index (χ4v) is 10.8. The van der Waals surface area contributed by atoms with Crippen LogP contribution in [0.3, 0.4) is 0 Å². The molecule has 2 heterocycles. The van der Waals surface area contributed by atoms with Crippen molar-refractivity contribution in [2.75, 3.05) is 9.80 Å². The average molecular weight is 923 g/mol. The van der Waals surface area contributed by atoms with Crippen molar-refractivity contribution in [3.63, 3.8) is 0 Å². The second-order valence-corrected chi connectivity index (χ2v) is 18.8. The first-order valence-electron chi connectivity index (χ1n) is 24.7. The lowest BCUT2D eigenvalue weighted by Crippen LogP contribution is -2.10. The number of para-hydroxylation sites is 2. The van der Waals surface area contributed by atoms with Crippen LogP contribution in [-0.4, -0.2) is 9.13 Å². The molecule has 0 saturated heterocycles. The summed E-state index contributed by atoms with van der Waals surface area (Å²) in [7, 11) is 0. The summed E-state index contributed by atoms with van der Waals surface area (Å²) >= 11 is 0. The molecular formula is C68H50N4. The van der Waals surface area contributed by atoms with Gasteiger partial charge in [0.1, 0.15) is 0 Å². The van der Waals surface area contributed by atoms with E-state index in [9.17, 15) is 0 Å². The molecule has 0 bridgehead atoms. The lowest BCUT2D eigenvalue weighted by molar-refractivity contribution is 1.13. The number of aryl methyl sites for hydroxylation is 2. The molecule has 0 amide bonds. The van der Waals surface area contributed by atoms with Crippen molar-refractivity contribution in [3.05, 3.63) is 278 Å². The first-order valence-corrected chi connectivity index (χ1v) is 24.7. The fraction of sp³-hybridized carbons (Fsp3) is 0.0294. The quantitative estimate of drug-likeness (QED) is 0.136. The van der Waals surface area contributed by atoms with E-state index in [0.29, 0.717) is 0 Å². The molecule has 0 atom stereocenters. The monoisotopic (exact) mass is 922 g/mol. The summed E-state index contributed by atoms with van der Waals surface area (Å²) in [5.41, 5.74) is 18.2. The Kier molecular flexibility index (Phi) is 10.6. The van der Waals surface area contributed by atoms with Crippen molar-refractivity contribution in [3.8, 4) is 33.9 Å². The van der Waals surface area contributed by atoms with Gasteiger partial charge in [0, 0.05) is 67.4 Å². The number of anilines is 6. The maximum Gasteiger partial charge on any atom is 0.0547 e. The minimum atomic E-state index is 1.09.